The first-order valence-electron chi connectivity index (χ1n) is 9.86. The van der Waals surface area contributed by atoms with E-state index in [1.54, 1.807) is 23.1 Å². The van der Waals surface area contributed by atoms with Crippen molar-refractivity contribution in [3.63, 3.8) is 0 Å². The average molecular weight is 410 g/mol. The van der Waals surface area contributed by atoms with E-state index in [-0.39, 0.29) is 5.56 Å². The third-order valence-electron chi connectivity index (χ3n) is 5.17. The molecule has 144 valence electrons. The fourth-order valence-corrected chi connectivity index (χ4v) is 5.99. The Morgan fingerprint density at radius 1 is 1.21 bits per heavy atom. The summed E-state index contributed by atoms with van der Waals surface area (Å²) in [5.41, 5.74) is 2.59. The molecule has 0 unspecified atom stereocenters. The quantitative estimate of drug-likeness (QED) is 0.314. The molecule has 0 radical (unpaired) electrons. The maximum atomic E-state index is 13.5. The number of hydrogen-bond acceptors (Lipinski definition) is 5. The lowest BCUT2D eigenvalue weighted by molar-refractivity contribution is 0.595. The molecule has 2 heterocycles. The molecule has 0 spiro atoms. The fraction of sp³-hybridized carbons (Fsp3) is 0.409. The number of benzene rings is 1. The number of unbranched alkanes of at least 4 members (excludes halogenated alkanes) is 1. The lowest BCUT2D eigenvalue weighted by atomic mass is 9.97. The summed E-state index contributed by atoms with van der Waals surface area (Å²) >= 11 is 3.31. The third-order valence-corrected chi connectivity index (χ3v) is 7.42. The van der Waals surface area contributed by atoms with Crippen LogP contribution in [0.2, 0.25) is 0 Å². The van der Waals surface area contributed by atoms with Crippen molar-refractivity contribution in [3.8, 4) is 6.07 Å². The van der Waals surface area contributed by atoms with Gasteiger partial charge in [0.05, 0.1) is 11.5 Å². The predicted molar refractivity (Wildman–Crippen MR) is 116 cm³/mol. The Balaban J connectivity index is 1.71. The maximum Gasteiger partial charge on any atom is 0.263 e. The molecule has 0 aliphatic heterocycles. The van der Waals surface area contributed by atoms with Gasteiger partial charge in [-0.05, 0) is 49.7 Å². The molecule has 6 heteroatoms. The minimum Gasteiger partial charge on any atom is -0.287 e. The molecule has 3 aromatic rings. The van der Waals surface area contributed by atoms with Gasteiger partial charge in [0.1, 0.15) is 4.83 Å². The lowest BCUT2D eigenvalue weighted by Crippen LogP contribution is -2.25. The highest BCUT2D eigenvalue weighted by molar-refractivity contribution is 7.99. The van der Waals surface area contributed by atoms with Gasteiger partial charge in [-0.2, -0.15) is 5.26 Å². The average Bonchev–Trinajstić information content (AvgIpc) is 3.10. The molecule has 0 saturated heterocycles. The largest absolute Gasteiger partial charge is 0.287 e. The minimum atomic E-state index is 0.114. The number of nitrogens with zero attached hydrogens (tertiary/aromatic N) is 3. The molecule has 0 atom stereocenters. The van der Waals surface area contributed by atoms with Gasteiger partial charge < -0.3 is 0 Å². The second-order valence-corrected chi connectivity index (χ2v) is 9.23. The molecule has 0 bridgehead atoms. The Hall–Kier alpha value is -2.10. The van der Waals surface area contributed by atoms with Gasteiger partial charge in [0.25, 0.3) is 5.56 Å². The summed E-state index contributed by atoms with van der Waals surface area (Å²) in [5, 5.41) is 10.4. The first-order valence-corrected chi connectivity index (χ1v) is 11.7. The molecular weight excluding hydrogens is 386 g/mol. The van der Waals surface area contributed by atoms with E-state index in [1.165, 1.54) is 22.4 Å². The van der Waals surface area contributed by atoms with E-state index in [1.807, 2.05) is 22.8 Å². The van der Waals surface area contributed by atoms with Crippen LogP contribution in [0.25, 0.3) is 10.2 Å². The number of thioether (sulfide) groups is 1. The van der Waals surface area contributed by atoms with Crippen molar-refractivity contribution in [2.45, 2.75) is 56.6 Å². The Morgan fingerprint density at radius 3 is 2.86 bits per heavy atom. The summed E-state index contributed by atoms with van der Waals surface area (Å²) < 4.78 is 1.87. The fourth-order valence-electron chi connectivity index (χ4n) is 3.73. The number of hydrogen-bond donors (Lipinski definition) is 0. The smallest absolute Gasteiger partial charge is 0.263 e. The molecule has 1 aliphatic rings. The second kappa shape index (κ2) is 8.93. The first kappa shape index (κ1) is 19.2. The predicted octanol–water partition coefficient (Wildman–Crippen LogP) is 4.98. The number of rotatable bonds is 7. The molecule has 28 heavy (non-hydrogen) atoms. The number of aryl methyl sites for hydroxylation is 3. The van der Waals surface area contributed by atoms with Crippen LogP contribution in [0.4, 0.5) is 0 Å². The minimum absolute atomic E-state index is 0.114. The highest BCUT2D eigenvalue weighted by atomic mass is 32.2. The lowest BCUT2D eigenvalue weighted by Gasteiger charge is -2.13. The van der Waals surface area contributed by atoms with Crippen LogP contribution in [-0.2, 0) is 25.8 Å². The molecule has 0 N–H and O–H groups in total. The molecule has 0 saturated carbocycles. The monoisotopic (exact) mass is 409 g/mol. The van der Waals surface area contributed by atoms with Gasteiger partial charge in [0.15, 0.2) is 5.16 Å². The highest BCUT2D eigenvalue weighted by Crippen LogP contribution is 2.34. The molecule has 0 fully saturated rings. The SMILES string of the molecule is N#CCCCSc1nc2sc3c(c2c(=O)n1CCc1ccccc1)CCCC3. The van der Waals surface area contributed by atoms with E-state index in [0.29, 0.717) is 13.0 Å². The van der Waals surface area contributed by atoms with Crippen molar-refractivity contribution in [2.24, 2.45) is 0 Å². The number of nitriles is 1. The second-order valence-electron chi connectivity index (χ2n) is 7.09. The molecule has 1 aliphatic carbocycles. The van der Waals surface area contributed by atoms with Crippen LogP contribution < -0.4 is 5.56 Å². The van der Waals surface area contributed by atoms with Crippen LogP contribution in [0, 0.1) is 11.3 Å². The molecule has 4 nitrogen and oxygen atoms in total. The van der Waals surface area contributed by atoms with Crippen LogP contribution in [0.3, 0.4) is 0 Å². The standard InChI is InChI=1S/C22H23N3OS2/c23-13-6-7-15-27-22-24-20-19(17-10-4-5-11-18(17)28-20)21(26)25(22)14-12-16-8-2-1-3-9-16/h1-3,8-9H,4-7,10-12,14-15H2. The van der Waals surface area contributed by atoms with Crippen molar-refractivity contribution in [3.05, 3.63) is 56.7 Å². The zero-order valence-corrected chi connectivity index (χ0v) is 17.5. The Morgan fingerprint density at radius 2 is 2.04 bits per heavy atom. The van der Waals surface area contributed by atoms with Crippen molar-refractivity contribution < 1.29 is 0 Å². The normalized spacial score (nSPS) is 13.4. The van der Waals surface area contributed by atoms with E-state index in [9.17, 15) is 4.79 Å². The zero-order valence-electron chi connectivity index (χ0n) is 15.8. The molecule has 4 rings (SSSR count). The first-order chi connectivity index (χ1) is 13.8. The van der Waals surface area contributed by atoms with Gasteiger partial charge in [-0.3, -0.25) is 9.36 Å². The topological polar surface area (TPSA) is 58.7 Å². The number of aromatic nitrogens is 2. The zero-order chi connectivity index (χ0) is 19.3. The molecular formula is C22H23N3OS2. The van der Waals surface area contributed by atoms with E-state index in [0.717, 1.165) is 53.2 Å². The molecule has 1 aromatic carbocycles. The highest BCUT2D eigenvalue weighted by Gasteiger charge is 2.22. The summed E-state index contributed by atoms with van der Waals surface area (Å²) in [4.78, 5) is 20.6. The van der Waals surface area contributed by atoms with Gasteiger partial charge in [0, 0.05) is 23.6 Å². The van der Waals surface area contributed by atoms with Crippen molar-refractivity contribution in [2.75, 3.05) is 5.75 Å². The maximum absolute atomic E-state index is 13.5. The summed E-state index contributed by atoms with van der Waals surface area (Å²) in [7, 11) is 0. The summed E-state index contributed by atoms with van der Waals surface area (Å²) in [6.45, 7) is 0.636. The number of thiophene rings is 1. The van der Waals surface area contributed by atoms with Crippen molar-refractivity contribution in [1.82, 2.24) is 9.55 Å². The molecule has 0 amide bonds. The van der Waals surface area contributed by atoms with Crippen LogP contribution in [0.15, 0.2) is 40.3 Å². The van der Waals surface area contributed by atoms with Crippen LogP contribution in [0.1, 0.15) is 41.7 Å². The van der Waals surface area contributed by atoms with Crippen LogP contribution in [0.5, 0.6) is 0 Å². The van der Waals surface area contributed by atoms with Crippen molar-refractivity contribution in [1.29, 1.82) is 5.26 Å². The Labute approximate surface area is 173 Å². The van der Waals surface area contributed by atoms with Crippen LogP contribution in [-0.4, -0.2) is 15.3 Å². The van der Waals surface area contributed by atoms with Gasteiger partial charge in [0.2, 0.25) is 0 Å². The Bertz CT molecular complexity index is 1060. The summed E-state index contributed by atoms with van der Waals surface area (Å²) in [6, 6.07) is 12.5. The van der Waals surface area contributed by atoms with Gasteiger partial charge >= 0.3 is 0 Å². The van der Waals surface area contributed by atoms with Gasteiger partial charge in [-0.15, -0.1) is 11.3 Å². The van der Waals surface area contributed by atoms with E-state index in [4.69, 9.17) is 10.2 Å². The number of fused-ring (bicyclic) bond motifs is 3. The Kier molecular flexibility index (Phi) is 6.13. The van der Waals surface area contributed by atoms with Crippen LogP contribution >= 0.6 is 23.1 Å². The summed E-state index contributed by atoms with van der Waals surface area (Å²) in [6.07, 6.45) is 6.60. The molecule has 2 aromatic heterocycles. The third kappa shape index (κ3) is 4.01. The van der Waals surface area contributed by atoms with E-state index >= 15 is 0 Å². The van der Waals surface area contributed by atoms with Gasteiger partial charge in [-0.25, -0.2) is 4.98 Å². The van der Waals surface area contributed by atoms with E-state index in [2.05, 4.69) is 18.2 Å². The van der Waals surface area contributed by atoms with E-state index < -0.39 is 0 Å². The van der Waals surface area contributed by atoms with Gasteiger partial charge in [-0.1, -0.05) is 42.1 Å². The van der Waals surface area contributed by atoms with Crippen molar-refractivity contribution >= 4 is 33.3 Å². The summed E-state index contributed by atoms with van der Waals surface area (Å²) in [5.74, 6) is 0.807.